The maximum atomic E-state index is 14.5. The fraction of sp³-hybridized carbons (Fsp3) is 0.182. The third kappa shape index (κ3) is 5.34. The Bertz CT molecular complexity index is 1510. The molecule has 3 N–H and O–H groups in total. The van der Waals surface area contributed by atoms with Crippen molar-refractivity contribution in [3.05, 3.63) is 71.7 Å². The summed E-state index contributed by atoms with van der Waals surface area (Å²) in [5.74, 6) is -1.55. The summed E-state index contributed by atoms with van der Waals surface area (Å²) >= 11 is 0. The van der Waals surface area contributed by atoms with Crippen molar-refractivity contribution in [1.29, 1.82) is 0 Å². The fourth-order valence-corrected chi connectivity index (χ4v) is 4.86. The monoisotopic (exact) mass is 504 g/mol. The van der Waals surface area contributed by atoms with Crippen molar-refractivity contribution in [2.24, 2.45) is 0 Å². The predicted octanol–water partition coefficient (Wildman–Crippen LogP) is 3.02. The number of Topliss-reactive ketones (excluding diaryl/α,β-unsaturated/α-hetero) is 1. The fourth-order valence-electron chi connectivity index (χ4n) is 3.75. The van der Waals surface area contributed by atoms with Crippen LogP contribution >= 0.6 is 0 Å². The zero-order chi connectivity index (χ0) is 24.7. The minimum absolute atomic E-state index is 0.0838. The Morgan fingerprint density at radius 2 is 1.65 bits per heavy atom. The lowest BCUT2D eigenvalue weighted by molar-refractivity contribution is 0.0962. The summed E-state index contributed by atoms with van der Waals surface area (Å²) in [6.07, 6.45) is 3.61. The Kier molecular flexibility index (Phi) is 6.04. The molecule has 4 rings (SSSR count). The van der Waals surface area contributed by atoms with E-state index in [0.717, 1.165) is 18.6 Å². The Balaban J connectivity index is 1.67. The first-order valence-corrected chi connectivity index (χ1v) is 13.8. The van der Waals surface area contributed by atoms with E-state index in [2.05, 4.69) is 19.7 Å². The highest BCUT2D eigenvalue weighted by atomic mass is 32.2. The molecule has 0 saturated carbocycles. The summed E-state index contributed by atoms with van der Waals surface area (Å²) in [5.41, 5.74) is 2.10. The molecule has 1 aliphatic rings. The van der Waals surface area contributed by atoms with E-state index in [1.807, 2.05) is 0 Å². The van der Waals surface area contributed by atoms with E-state index in [0.29, 0.717) is 28.2 Å². The van der Waals surface area contributed by atoms with Gasteiger partial charge in [0.1, 0.15) is 11.6 Å². The summed E-state index contributed by atoms with van der Waals surface area (Å²) in [6, 6.07) is 11.9. The highest BCUT2D eigenvalue weighted by Gasteiger charge is 2.32. The van der Waals surface area contributed by atoms with E-state index in [1.54, 1.807) is 36.5 Å². The maximum Gasteiger partial charge on any atom is 0.229 e. The van der Waals surface area contributed by atoms with Gasteiger partial charge in [-0.05, 0) is 42.0 Å². The smallest absolute Gasteiger partial charge is 0.229 e. The Hall–Kier alpha value is -3.51. The zero-order valence-corrected chi connectivity index (χ0v) is 19.8. The molecule has 0 saturated heterocycles. The molecule has 0 spiro atoms. The molecule has 1 atom stereocenters. The van der Waals surface area contributed by atoms with E-state index < -0.39 is 37.6 Å². The van der Waals surface area contributed by atoms with Gasteiger partial charge >= 0.3 is 0 Å². The number of benzene rings is 2. The second kappa shape index (κ2) is 8.69. The molecule has 2 aromatic carbocycles. The molecular weight excluding hydrogens is 483 g/mol. The van der Waals surface area contributed by atoms with Crippen molar-refractivity contribution in [3.8, 4) is 11.1 Å². The topological polar surface area (TPSA) is 134 Å². The molecule has 12 heteroatoms. The normalized spacial score (nSPS) is 15.3. The number of hydrogen-bond donors (Lipinski definition) is 3. The number of ketones is 1. The van der Waals surface area contributed by atoms with Crippen molar-refractivity contribution in [1.82, 2.24) is 4.98 Å². The molecular formula is C22H21FN4O5S2. The van der Waals surface area contributed by atoms with Gasteiger partial charge in [0, 0.05) is 35.2 Å². The lowest BCUT2D eigenvalue weighted by atomic mass is 9.91. The van der Waals surface area contributed by atoms with Crippen molar-refractivity contribution in [2.75, 3.05) is 33.8 Å². The summed E-state index contributed by atoms with van der Waals surface area (Å²) in [6.45, 7) is 0.198. The second-order valence-corrected chi connectivity index (χ2v) is 11.5. The van der Waals surface area contributed by atoms with Gasteiger partial charge in [-0.1, -0.05) is 12.1 Å². The number of carbonyl (C=O) groups excluding carboxylic acids is 1. The van der Waals surface area contributed by atoms with Gasteiger partial charge in [-0.25, -0.2) is 26.2 Å². The van der Waals surface area contributed by atoms with Gasteiger partial charge in [0.05, 0.1) is 24.0 Å². The van der Waals surface area contributed by atoms with Crippen molar-refractivity contribution in [3.63, 3.8) is 0 Å². The number of nitrogens with one attached hydrogen (secondary N) is 3. The number of nitrogens with zero attached hydrogens (tertiary/aromatic N) is 1. The third-order valence-electron chi connectivity index (χ3n) is 5.12. The molecule has 0 fully saturated rings. The predicted molar refractivity (Wildman–Crippen MR) is 129 cm³/mol. The van der Waals surface area contributed by atoms with Crippen LogP contribution in [0.3, 0.4) is 0 Å². The van der Waals surface area contributed by atoms with E-state index in [1.165, 1.54) is 12.1 Å². The average molecular weight is 505 g/mol. The van der Waals surface area contributed by atoms with Crippen LogP contribution in [0, 0.1) is 5.82 Å². The summed E-state index contributed by atoms with van der Waals surface area (Å²) in [5, 5.41) is 3.04. The highest BCUT2D eigenvalue weighted by molar-refractivity contribution is 7.92. The molecule has 2 heterocycles. The number of carbonyl (C=O) groups is 1. The van der Waals surface area contributed by atoms with Gasteiger partial charge in [0.15, 0.2) is 5.78 Å². The Morgan fingerprint density at radius 1 is 0.971 bits per heavy atom. The summed E-state index contributed by atoms with van der Waals surface area (Å²) < 4.78 is 65.3. The number of pyridine rings is 1. The average Bonchev–Trinajstić information content (AvgIpc) is 3.16. The first-order valence-electron chi connectivity index (χ1n) is 10.0. The molecule has 0 bridgehead atoms. The van der Waals surface area contributed by atoms with Gasteiger partial charge in [-0.15, -0.1) is 0 Å². The Morgan fingerprint density at radius 3 is 2.32 bits per heavy atom. The number of halogens is 1. The molecule has 34 heavy (non-hydrogen) atoms. The van der Waals surface area contributed by atoms with Gasteiger partial charge in [-0.3, -0.25) is 14.2 Å². The SMILES string of the molecule is CS(=O)(=O)Nc1cccc(-c2cnc3c(c2)C(C(=O)c2cc(NS(C)(=O)=O)ccc2F)CN3)c1. The molecule has 3 aromatic rings. The van der Waals surface area contributed by atoms with E-state index in [4.69, 9.17) is 0 Å². The van der Waals surface area contributed by atoms with E-state index in [-0.39, 0.29) is 17.8 Å². The molecule has 1 unspecified atom stereocenters. The Labute approximate surface area is 196 Å². The lowest BCUT2D eigenvalue weighted by Gasteiger charge is -2.13. The summed E-state index contributed by atoms with van der Waals surface area (Å²) in [7, 11) is -7.05. The number of fused-ring (bicyclic) bond motifs is 1. The van der Waals surface area contributed by atoms with Crippen LogP contribution in [0.2, 0.25) is 0 Å². The van der Waals surface area contributed by atoms with Gasteiger partial charge in [0.2, 0.25) is 20.0 Å². The zero-order valence-electron chi connectivity index (χ0n) is 18.2. The third-order valence-corrected chi connectivity index (χ3v) is 6.33. The molecule has 1 aliphatic heterocycles. The number of anilines is 3. The van der Waals surface area contributed by atoms with Gasteiger partial charge in [-0.2, -0.15) is 0 Å². The van der Waals surface area contributed by atoms with Crippen LogP contribution in [0.5, 0.6) is 0 Å². The molecule has 0 amide bonds. The minimum Gasteiger partial charge on any atom is -0.369 e. The number of aromatic nitrogens is 1. The van der Waals surface area contributed by atoms with Gasteiger partial charge in [0.25, 0.3) is 0 Å². The van der Waals surface area contributed by atoms with Crippen LogP contribution in [0.4, 0.5) is 21.6 Å². The van der Waals surface area contributed by atoms with Crippen LogP contribution in [0.25, 0.3) is 11.1 Å². The first-order chi connectivity index (χ1) is 15.9. The first kappa shape index (κ1) is 23.6. The lowest BCUT2D eigenvalue weighted by Crippen LogP contribution is -2.17. The summed E-state index contributed by atoms with van der Waals surface area (Å²) in [4.78, 5) is 17.6. The quantitative estimate of drug-likeness (QED) is 0.421. The molecule has 0 radical (unpaired) electrons. The van der Waals surface area contributed by atoms with E-state index >= 15 is 0 Å². The molecule has 1 aromatic heterocycles. The van der Waals surface area contributed by atoms with Crippen LogP contribution < -0.4 is 14.8 Å². The number of sulfonamides is 2. The molecule has 0 aliphatic carbocycles. The highest BCUT2D eigenvalue weighted by Crippen LogP contribution is 2.36. The second-order valence-electron chi connectivity index (χ2n) is 7.98. The molecule has 9 nitrogen and oxygen atoms in total. The van der Waals surface area contributed by atoms with Crippen LogP contribution in [-0.2, 0) is 20.0 Å². The number of hydrogen-bond acceptors (Lipinski definition) is 7. The largest absolute Gasteiger partial charge is 0.369 e. The van der Waals surface area contributed by atoms with Crippen molar-refractivity contribution >= 4 is 43.0 Å². The van der Waals surface area contributed by atoms with Crippen molar-refractivity contribution < 1.29 is 26.0 Å². The van der Waals surface area contributed by atoms with Crippen LogP contribution in [0.15, 0.2) is 54.7 Å². The van der Waals surface area contributed by atoms with Crippen LogP contribution in [-0.4, -0.2) is 46.7 Å². The van der Waals surface area contributed by atoms with Gasteiger partial charge < -0.3 is 5.32 Å². The minimum atomic E-state index is -3.60. The molecule has 178 valence electrons. The van der Waals surface area contributed by atoms with Crippen LogP contribution in [0.1, 0.15) is 21.8 Å². The maximum absolute atomic E-state index is 14.5. The standard InChI is InChI=1S/C22H21FN4O5S2/c1-33(29,30)26-15-5-3-4-13(8-15)14-9-17-19(12-25-22(17)24-11-14)21(28)18-10-16(6-7-20(18)23)27-34(2,31)32/h3-11,19,26-27H,12H2,1-2H3,(H,24,25). The number of rotatable bonds is 7. The van der Waals surface area contributed by atoms with E-state index in [9.17, 15) is 26.0 Å². The van der Waals surface area contributed by atoms with Crippen molar-refractivity contribution in [2.45, 2.75) is 5.92 Å².